The van der Waals surface area contributed by atoms with Gasteiger partial charge in [0.05, 0.1) is 36.3 Å². The third kappa shape index (κ3) is 6.49. The molecule has 3 aromatic rings. The Morgan fingerprint density at radius 1 is 1.06 bits per heavy atom. The van der Waals surface area contributed by atoms with Gasteiger partial charge in [-0.05, 0) is 49.9 Å². The largest absolute Gasteiger partial charge is 0.439 e. The van der Waals surface area contributed by atoms with Crippen molar-refractivity contribution in [1.82, 2.24) is 19.6 Å². The number of benzene rings is 2. The Kier molecular flexibility index (Phi) is 7.79. The molecular weight excluding hydrogens is 440 g/mol. The van der Waals surface area contributed by atoms with Crippen molar-refractivity contribution in [3.05, 3.63) is 71.9 Å². The number of morpholine rings is 1. The van der Waals surface area contributed by atoms with Crippen LogP contribution in [0.3, 0.4) is 0 Å². The molecule has 5 rings (SSSR count). The van der Waals surface area contributed by atoms with Crippen LogP contribution in [0.1, 0.15) is 24.1 Å². The van der Waals surface area contributed by atoms with E-state index in [1.165, 1.54) is 12.8 Å². The Morgan fingerprint density at radius 2 is 1.74 bits per heavy atom. The molecule has 2 fully saturated rings. The van der Waals surface area contributed by atoms with Crippen molar-refractivity contribution in [2.24, 2.45) is 5.92 Å². The lowest BCUT2D eigenvalue weighted by Gasteiger charge is -2.31. The van der Waals surface area contributed by atoms with E-state index in [-0.39, 0.29) is 0 Å². The van der Waals surface area contributed by atoms with Gasteiger partial charge in [-0.25, -0.2) is 4.68 Å². The minimum Gasteiger partial charge on any atom is -0.439 e. The smallest absolute Gasteiger partial charge is 0.227 e. The van der Waals surface area contributed by atoms with Gasteiger partial charge in [0.25, 0.3) is 0 Å². The van der Waals surface area contributed by atoms with Crippen molar-refractivity contribution in [2.45, 2.75) is 32.4 Å². The SMILES string of the molecule is Cc1nn(-c2ccccc2)c(Oc2ccccc2)c1CN(CC1CC1)C[C@@H](O)CN1CCOCC1. The highest BCUT2D eigenvalue weighted by atomic mass is 16.5. The van der Waals surface area contributed by atoms with Crippen molar-refractivity contribution >= 4 is 0 Å². The fourth-order valence-corrected chi connectivity index (χ4v) is 4.70. The molecule has 35 heavy (non-hydrogen) atoms. The van der Waals surface area contributed by atoms with Crippen LogP contribution < -0.4 is 4.74 Å². The number of β-amino-alcohol motifs (C(OH)–C–C–N with tert-alkyl or cyclic N) is 1. The van der Waals surface area contributed by atoms with E-state index in [9.17, 15) is 5.11 Å². The van der Waals surface area contributed by atoms with E-state index >= 15 is 0 Å². The van der Waals surface area contributed by atoms with Crippen LogP contribution in [0.25, 0.3) is 5.69 Å². The fraction of sp³-hybridized carbons (Fsp3) is 0.464. The first-order valence-electron chi connectivity index (χ1n) is 12.7. The van der Waals surface area contributed by atoms with Crippen LogP contribution in [-0.4, -0.2) is 76.7 Å². The highest BCUT2D eigenvalue weighted by Gasteiger charge is 2.28. The zero-order chi connectivity index (χ0) is 24.0. The van der Waals surface area contributed by atoms with Crippen LogP contribution >= 0.6 is 0 Å². The summed E-state index contributed by atoms with van der Waals surface area (Å²) in [5.41, 5.74) is 2.98. The topological polar surface area (TPSA) is 63.0 Å². The Balaban J connectivity index is 1.39. The van der Waals surface area contributed by atoms with E-state index in [0.29, 0.717) is 25.6 Å². The van der Waals surface area contributed by atoms with Crippen LogP contribution in [-0.2, 0) is 11.3 Å². The van der Waals surface area contributed by atoms with Crippen molar-refractivity contribution in [3.63, 3.8) is 0 Å². The fourth-order valence-electron chi connectivity index (χ4n) is 4.70. The quantitative estimate of drug-likeness (QED) is 0.453. The summed E-state index contributed by atoms with van der Waals surface area (Å²) in [6.07, 6.45) is 2.13. The molecule has 1 saturated heterocycles. The summed E-state index contributed by atoms with van der Waals surface area (Å²) >= 11 is 0. The number of aliphatic hydroxyl groups is 1. The lowest BCUT2D eigenvalue weighted by atomic mass is 10.2. The molecule has 0 bridgehead atoms. The second-order valence-corrected chi connectivity index (χ2v) is 9.74. The third-order valence-electron chi connectivity index (χ3n) is 6.73. The van der Waals surface area contributed by atoms with Gasteiger partial charge >= 0.3 is 0 Å². The lowest BCUT2D eigenvalue weighted by Crippen LogP contribution is -2.44. The summed E-state index contributed by atoms with van der Waals surface area (Å²) < 4.78 is 13.8. The Hall–Kier alpha value is -2.71. The van der Waals surface area contributed by atoms with Gasteiger partial charge in [0.2, 0.25) is 5.88 Å². The maximum Gasteiger partial charge on any atom is 0.227 e. The molecule has 1 aromatic heterocycles. The van der Waals surface area contributed by atoms with Crippen molar-refractivity contribution in [3.8, 4) is 17.3 Å². The van der Waals surface area contributed by atoms with Gasteiger partial charge in [-0.1, -0.05) is 36.4 Å². The van der Waals surface area contributed by atoms with E-state index in [4.69, 9.17) is 14.6 Å². The molecule has 1 saturated carbocycles. The zero-order valence-corrected chi connectivity index (χ0v) is 20.6. The second kappa shape index (κ2) is 11.4. The zero-order valence-electron chi connectivity index (χ0n) is 20.6. The minimum absolute atomic E-state index is 0.408. The Labute approximate surface area is 207 Å². The first-order valence-corrected chi connectivity index (χ1v) is 12.7. The van der Waals surface area contributed by atoms with Crippen LogP contribution in [0.2, 0.25) is 0 Å². The number of hydrogen-bond donors (Lipinski definition) is 1. The molecule has 0 radical (unpaired) electrons. The van der Waals surface area contributed by atoms with Crippen molar-refractivity contribution < 1.29 is 14.6 Å². The number of aryl methyl sites for hydroxylation is 1. The summed E-state index contributed by atoms with van der Waals surface area (Å²) in [6.45, 7) is 8.31. The summed E-state index contributed by atoms with van der Waals surface area (Å²) in [5, 5.41) is 15.8. The second-order valence-electron chi connectivity index (χ2n) is 9.74. The molecule has 186 valence electrons. The predicted octanol–water partition coefficient (Wildman–Crippen LogP) is 3.88. The molecule has 0 spiro atoms. The number of para-hydroxylation sites is 2. The van der Waals surface area contributed by atoms with Gasteiger partial charge in [0, 0.05) is 39.3 Å². The lowest BCUT2D eigenvalue weighted by molar-refractivity contribution is 0.00585. The van der Waals surface area contributed by atoms with Gasteiger partial charge in [-0.2, -0.15) is 5.10 Å². The average molecular weight is 477 g/mol. The molecular formula is C28H36N4O3. The van der Waals surface area contributed by atoms with E-state index in [1.54, 1.807) is 0 Å². The van der Waals surface area contributed by atoms with Crippen LogP contribution in [0.4, 0.5) is 0 Å². The summed E-state index contributed by atoms with van der Waals surface area (Å²) in [5.74, 6) is 2.24. The van der Waals surface area contributed by atoms with Gasteiger partial charge in [0.15, 0.2) is 0 Å². The molecule has 1 N–H and O–H groups in total. The number of hydrogen-bond acceptors (Lipinski definition) is 6. The Bertz CT molecular complexity index is 1060. The van der Waals surface area contributed by atoms with Gasteiger partial charge in [-0.15, -0.1) is 0 Å². The maximum absolute atomic E-state index is 11.0. The molecule has 0 unspecified atom stereocenters. The molecule has 1 aliphatic heterocycles. The molecule has 2 aromatic carbocycles. The van der Waals surface area contributed by atoms with Crippen LogP contribution in [0, 0.1) is 12.8 Å². The van der Waals surface area contributed by atoms with Crippen LogP contribution in [0.5, 0.6) is 11.6 Å². The minimum atomic E-state index is -0.408. The molecule has 7 nitrogen and oxygen atoms in total. The number of aliphatic hydroxyl groups excluding tert-OH is 1. The molecule has 2 aliphatic rings. The normalized spacial score (nSPS) is 17.6. The number of rotatable bonds is 11. The predicted molar refractivity (Wildman–Crippen MR) is 136 cm³/mol. The third-order valence-corrected chi connectivity index (χ3v) is 6.73. The number of aromatic nitrogens is 2. The van der Waals surface area contributed by atoms with E-state index < -0.39 is 6.10 Å². The highest BCUT2D eigenvalue weighted by molar-refractivity contribution is 5.43. The van der Waals surface area contributed by atoms with Crippen molar-refractivity contribution in [1.29, 1.82) is 0 Å². The maximum atomic E-state index is 11.0. The summed E-state index contributed by atoms with van der Waals surface area (Å²) in [4.78, 5) is 4.69. The van der Waals surface area contributed by atoms with Crippen LogP contribution in [0.15, 0.2) is 60.7 Å². The first-order chi connectivity index (χ1) is 17.2. The first kappa shape index (κ1) is 24.0. The van der Waals surface area contributed by atoms with E-state index in [2.05, 4.69) is 9.80 Å². The summed E-state index contributed by atoms with van der Waals surface area (Å²) in [7, 11) is 0. The van der Waals surface area contributed by atoms with E-state index in [1.807, 2.05) is 72.3 Å². The molecule has 2 heterocycles. The summed E-state index contributed by atoms with van der Waals surface area (Å²) in [6, 6.07) is 20.0. The van der Waals surface area contributed by atoms with Gasteiger partial charge in [-0.3, -0.25) is 9.80 Å². The molecule has 0 amide bonds. The monoisotopic (exact) mass is 476 g/mol. The van der Waals surface area contributed by atoms with Crippen molar-refractivity contribution in [2.75, 3.05) is 45.9 Å². The van der Waals surface area contributed by atoms with Gasteiger partial charge < -0.3 is 14.6 Å². The highest BCUT2D eigenvalue weighted by Crippen LogP contribution is 2.34. The molecule has 7 heteroatoms. The average Bonchev–Trinajstić information content (AvgIpc) is 3.65. The number of ether oxygens (including phenoxy) is 2. The van der Waals surface area contributed by atoms with E-state index in [0.717, 1.165) is 61.4 Å². The molecule has 1 atom stereocenters. The molecule has 1 aliphatic carbocycles. The van der Waals surface area contributed by atoms with Gasteiger partial charge in [0.1, 0.15) is 5.75 Å². The Morgan fingerprint density at radius 3 is 2.43 bits per heavy atom. The standard InChI is InChI=1S/C28H36N4O3/c1-22-27(21-31(18-23-12-13-23)20-25(33)19-30-14-16-34-17-15-30)28(35-26-10-6-3-7-11-26)32(29-22)24-8-4-2-5-9-24/h2-11,23,25,33H,12-21H2,1H3/t25-/m0/s1. The number of nitrogens with zero attached hydrogens (tertiary/aromatic N) is 4.